The monoisotopic (exact) mass is 294 g/mol. The van der Waals surface area contributed by atoms with Gasteiger partial charge in [-0.1, -0.05) is 11.6 Å². The predicted octanol–water partition coefficient (Wildman–Crippen LogP) is 2.38. The number of fused-ring (bicyclic) bond motifs is 1. The van der Waals surface area contributed by atoms with Gasteiger partial charge in [-0.25, -0.2) is 14.8 Å². The number of thiophene rings is 1. The molecule has 98 valence electrons. The molecule has 0 atom stereocenters. The van der Waals surface area contributed by atoms with Crippen molar-refractivity contribution in [1.29, 1.82) is 0 Å². The molecule has 3 aromatic rings. The minimum atomic E-state index is -0.0616. The Labute approximate surface area is 118 Å². The molecule has 0 spiro atoms. The van der Waals surface area contributed by atoms with Crippen LogP contribution in [0.2, 0.25) is 5.15 Å². The number of rotatable bonds is 3. The Bertz CT molecular complexity index is 788. The summed E-state index contributed by atoms with van der Waals surface area (Å²) in [6.07, 6.45) is 3.50. The van der Waals surface area contributed by atoms with Gasteiger partial charge in [0.1, 0.15) is 9.98 Å². The van der Waals surface area contributed by atoms with E-state index in [0.717, 1.165) is 10.2 Å². The van der Waals surface area contributed by atoms with E-state index in [4.69, 9.17) is 11.6 Å². The third-order valence-corrected chi connectivity index (χ3v) is 3.99. The van der Waals surface area contributed by atoms with Gasteiger partial charge in [0.05, 0.1) is 6.54 Å². The van der Waals surface area contributed by atoms with Crippen LogP contribution in [0.3, 0.4) is 0 Å². The molecule has 3 rings (SSSR count). The molecular formula is C12H11ClN4OS. The highest BCUT2D eigenvalue weighted by atomic mass is 35.5. The van der Waals surface area contributed by atoms with E-state index in [1.54, 1.807) is 21.5 Å². The number of imidazole rings is 1. The number of aryl methyl sites for hydroxylation is 1. The summed E-state index contributed by atoms with van der Waals surface area (Å²) in [6.45, 7) is 2.91. The van der Waals surface area contributed by atoms with Gasteiger partial charge in [0.15, 0.2) is 5.82 Å². The number of hydrogen-bond donors (Lipinski definition) is 0. The second-order valence-electron chi connectivity index (χ2n) is 4.06. The van der Waals surface area contributed by atoms with Crippen molar-refractivity contribution in [1.82, 2.24) is 19.1 Å². The van der Waals surface area contributed by atoms with E-state index >= 15 is 0 Å². The van der Waals surface area contributed by atoms with Gasteiger partial charge >= 0.3 is 5.69 Å². The Morgan fingerprint density at radius 1 is 1.32 bits per heavy atom. The SMILES string of the molecule is CCn1ccn(Cc2nc(Cl)c3ccsc3n2)c1=O. The summed E-state index contributed by atoms with van der Waals surface area (Å²) in [7, 11) is 0. The first kappa shape index (κ1) is 12.4. The summed E-state index contributed by atoms with van der Waals surface area (Å²) in [5.41, 5.74) is -0.0616. The van der Waals surface area contributed by atoms with Gasteiger partial charge in [0.25, 0.3) is 0 Å². The van der Waals surface area contributed by atoms with E-state index in [1.165, 1.54) is 11.3 Å². The summed E-state index contributed by atoms with van der Waals surface area (Å²) in [5.74, 6) is 0.552. The first-order chi connectivity index (χ1) is 9.19. The fraction of sp³-hybridized carbons (Fsp3) is 0.250. The highest BCUT2D eigenvalue weighted by Crippen LogP contribution is 2.24. The molecule has 0 bridgehead atoms. The maximum atomic E-state index is 11.9. The fourth-order valence-corrected chi connectivity index (χ4v) is 2.99. The third-order valence-electron chi connectivity index (χ3n) is 2.90. The first-order valence-electron chi connectivity index (χ1n) is 5.84. The molecule has 0 radical (unpaired) electrons. The number of halogens is 1. The van der Waals surface area contributed by atoms with Gasteiger partial charge in [-0.15, -0.1) is 11.3 Å². The van der Waals surface area contributed by atoms with Gasteiger partial charge in [-0.2, -0.15) is 0 Å². The lowest BCUT2D eigenvalue weighted by Gasteiger charge is -2.02. The summed E-state index contributed by atoms with van der Waals surface area (Å²) < 4.78 is 3.21. The smallest absolute Gasteiger partial charge is 0.300 e. The molecule has 0 aliphatic carbocycles. The molecule has 0 unspecified atom stereocenters. The second kappa shape index (κ2) is 4.79. The van der Waals surface area contributed by atoms with E-state index in [0.29, 0.717) is 24.1 Å². The third kappa shape index (κ3) is 2.17. The average molecular weight is 295 g/mol. The topological polar surface area (TPSA) is 52.7 Å². The van der Waals surface area contributed by atoms with Crippen LogP contribution in [0.25, 0.3) is 10.2 Å². The zero-order valence-corrected chi connectivity index (χ0v) is 11.8. The molecule has 0 fully saturated rings. The van der Waals surface area contributed by atoms with Crippen molar-refractivity contribution in [2.45, 2.75) is 20.0 Å². The van der Waals surface area contributed by atoms with Crippen molar-refractivity contribution in [2.24, 2.45) is 0 Å². The molecule has 0 aromatic carbocycles. The molecule has 0 amide bonds. The van der Waals surface area contributed by atoms with Gasteiger partial charge < -0.3 is 0 Å². The molecule has 0 saturated heterocycles. The van der Waals surface area contributed by atoms with Crippen LogP contribution in [0, 0.1) is 0 Å². The molecule has 3 aromatic heterocycles. The zero-order chi connectivity index (χ0) is 13.4. The fourth-order valence-electron chi connectivity index (χ4n) is 1.90. The largest absolute Gasteiger partial charge is 0.328 e. The van der Waals surface area contributed by atoms with Crippen molar-refractivity contribution in [3.8, 4) is 0 Å². The normalized spacial score (nSPS) is 11.3. The minimum absolute atomic E-state index is 0.0616. The van der Waals surface area contributed by atoms with Gasteiger partial charge in [0, 0.05) is 24.3 Å². The number of aromatic nitrogens is 4. The maximum Gasteiger partial charge on any atom is 0.328 e. The Kier molecular flexibility index (Phi) is 3.12. The van der Waals surface area contributed by atoms with Crippen LogP contribution in [-0.2, 0) is 13.1 Å². The molecule has 0 saturated carbocycles. The molecule has 7 heteroatoms. The Morgan fingerprint density at radius 2 is 2.11 bits per heavy atom. The Morgan fingerprint density at radius 3 is 2.84 bits per heavy atom. The van der Waals surface area contributed by atoms with Crippen LogP contribution in [0.15, 0.2) is 28.6 Å². The van der Waals surface area contributed by atoms with E-state index in [1.807, 2.05) is 18.4 Å². The molecule has 19 heavy (non-hydrogen) atoms. The molecule has 0 N–H and O–H groups in total. The highest BCUT2D eigenvalue weighted by Gasteiger charge is 2.09. The lowest BCUT2D eigenvalue weighted by atomic mass is 10.4. The number of nitrogens with zero attached hydrogens (tertiary/aromatic N) is 4. The molecule has 0 aliphatic rings. The van der Waals surface area contributed by atoms with Crippen LogP contribution >= 0.6 is 22.9 Å². The molecule has 0 aliphatic heterocycles. The van der Waals surface area contributed by atoms with Gasteiger partial charge in [-0.3, -0.25) is 9.13 Å². The second-order valence-corrected chi connectivity index (χ2v) is 5.32. The summed E-state index contributed by atoms with van der Waals surface area (Å²) >= 11 is 7.62. The van der Waals surface area contributed by atoms with Crippen molar-refractivity contribution in [2.75, 3.05) is 0 Å². The zero-order valence-electron chi connectivity index (χ0n) is 10.2. The number of hydrogen-bond acceptors (Lipinski definition) is 4. The standard InChI is InChI=1S/C12H11ClN4OS/c1-2-16-4-5-17(12(16)18)7-9-14-10(13)8-3-6-19-11(8)15-9/h3-6H,2,7H2,1H3. The molecular weight excluding hydrogens is 284 g/mol. The van der Waals surface area contributed by atoms with E-state index in [9.17, 15) is 4.79 Å². The molecule has 5 nitrogen and oxygen atoms in total. The van der Waals surface area contributed by atoms with Crippen molar-refractivity contribution >= 4 is 33.2 Å². The van der Waals surface area contributed by atoms with E-state index in [-0.39, 0.29) is 5.69 Å². The Hall–Kier alpha value is -1.66. The van der Waals surface area contributed by atoms with Crippen LogP contribution < -0.4 is 5.69 Å². The van der Waals surface area contributed by atoms with Crippen LogP contribution in [0.5, 0.6) is 0 Å². The lowest BCUT2D eigenvalue weighted by molar-refractivity contribution is 0.654. The lowest BCUT2D eigenvalue weighted by Crippen LogP contribution is -2.24. The summed E-state index contributed by atoms with van der Waals surface area (Å²) in [5, 5.41) is 3.22. The van der Waals surface area contributed by atoms with Crippen molar-refractivity contribution in [3.63, 3.8) is 0 Å². The van der Waals surface area contributed by atoms with Gasteiger partial charge in [0.2, 0.25) is 0 Å². The van der Waals surface area contributed by atoms with Gasteiger partial charge in [-0.05, 0) is 18.4 Å². The summed E-state index contributed by atoms with van der Waals surface area (Å²) in [6, 6.07) is 1.89. The highest BCUT2D eigenvalue weighted by molar-refractivity contribution is 7.16. The van der Waals surface area contributed by atoms with Crippen LogP contribution in [0.1, 0.15) is 12.7 Å². The predicted molar refractivity (Wildman–Crippen MR) is 75.9 cm³/mol. The van der Waals surface area contributed by atoms with E-state index in [2.05, 4.69) is 9.97 Å². The first-order valence-corrected chi connectivity index (χ1v) is 7.10. The van der Waals surface area contributed by atoms with Crippen LogP contribution in [0.4, 0.5) is 0 Å². The van der Waals surface area contributed by atoms with Crippen molar-refractivity contribution < 1.29 is 0 Å². The minimum Gasteiger partial charge on any atom is -0.300 e. The quantitative estimate of drug-likeness (QED) is 0.697. The van der Waals surface area contributed by atoms with Crippen molar-refractivity contribution in [3.05, 3.63) is 45.3 Å². The Balaban J connectivity index is 2.00. The van der Waals surface area contributed by atoms with E-state index < -0.39 is 0 Å². The average Bonchev–Trinajstić information content (AvgIpc) is 2.98. The summed E-state index contributed by atoms with van der Waals surface area (Å²) in [4.78, 5) is 21.4. The molecule has 3 heterocycles. The van der Waals surface area contributed by atoms with Crippen LogP contribution in [-0.4, -0.2) is 19.1 Å². The maximum absolute atomic E-state index is 11.9.